The summed E-state index contributed by atoms with van der Waals surface area (Å²) in [5.41, 5.74) is 2.85. The van der Waals surface area contributed by atoms with Gasteiger partial charge in [-0.2, -0.15) is 0 Å². The summed E-state index contributed by atoms with van der Waals surface area (Å²) < 4.78 is 37.4. The second kappa shape index (κ2) is 16.2. The summed E-state index contributed by atoms with van der Waals surface area (Å²) in [6.07, 6.45) is 5.07. The first-order valence-electron chi connectivity index (χ1n) is 15.4. The minimum Gasteiger partial charge on any atom is -0.346 e. The van der Waals surface area contributed by atoms with Gasteiger partial charge in [0.05, 0.1) is 38.0 Å². The minimum absolute atomic E-state index is 0.288. The van der Waals surface area contributed by atoms with Gasteiger partial charge < -0.3 is 29.2 Å². The average molecular weight is 700 g/mol. The van der Waals surface area contributed by atoms with Crippen LogP contribution in [0, 0.1) is 0 Å². The van der Waals surface area contributed by atoms with Gasteiger partial charge in [0.2, 0.25) is 13.6 Å². The van der Waals surface area contributed by atoms with Crippen molar-refractivity contribution >= 4 is 54.0 Å². The number of carbonyl (C=O) groups excluding carboxylic acids is 2. The van der Waals surface area contributed by atoms with Crippen LogP contribution >= 0.6 is 8.25 Å². The molecular formula is C32H32N10O7P+. The van der Waals surface area contributed by atoms with Gasteiger partial charge in [-0.15, -0.1) is 0 Å². The molecule has 0 aliphatic carbocycles. The summed E-state index contributed by atoms with van der Waals surface area (Å²) in [5, 5.41) is 5.55. The fourth-order valence-corrected chi connectivity index (χ4v) is 5.19. The van der Waals surface area contributed by atoms with Crippen molar-refractivity contribution in [3.8, 4) is 0 Å². The van der Waals surface area contributed by atoms with Crippen molar-refractivity contribution in [3.63, 3.8) is 0 Å². The highest BCUT2D eigenvalue weighted by atomic mass is 31.1. The predicted octanol–water partition coefficient (Wildman–Crippen LogP) is 4.59. The van der Waals surface area contributed by atoms with Crippen molar-refractivity contribution in [2.45, 2.75) is 39.1 Å². The van der Waals surface area contributed by atoms with Gasteiger partial charge >= 0.3 is 8.25 Å². The van der Waals surface area contributed by atoms with Crippen LogP contribution in [0.1, 0.15) is 34.6 Å². The summed E-state index contributed by atoms with van der Waals surface area (Å²) in [5.74, 6) is -0.0472. The van der Waals surface area contributed by atoms with Crippen molar-refractivity contribution < 1.29 is 32.7 Å². The molecule has 0 radical (unpaired) electrons. The standard InChI is InChI=1S/C32H31N10O7P/c1-21(13-41-17-37-25-27(33-15-35-29(25)41)39-31(43)23-9-5-3-6-10-23)46-19-48-50(45)49-20-47-22(2)14-42-18-38-26-28(34-16-36-30(26)42)40-32(44)24-11-7-4-8-12-24/h3-12,15-18,21-22H,13-14,19-20H2,1-2H3,(H-,33,34,35,36,39,40,43,44)/p+1/t21-,22-/m1/s1. The van der Waals surface area contributed by atoms with Crippen LogP contribution in [0.25, 0.3) is 22.3 Å². The number of fused-ring (bicyclic) bond motifs is 2. The molecule has 17 nitrogen and oxygen atoms in total. The topological polar surface area (TPSA) is 199 Å². The molecule has 0 aliphatic heterocycles. The number of hydrogen-bond acceptors (Lipinski definition) is 13. The fraction of sp³-hybridized carbons (Fsp3) is 0.250. The SMILES string of the molecule is C[C@H](Cn1cnc2c(NC(=O)c3ccccc3)ncnc21)OCO[P+](=O)OCO[C@H](C)Cn1cnc2c(NC(=O)c3ccccc3)ncnc21. The summed E-state index contributed by atoms with van der Waals surface area (Å²) in [4.78, 5) is 50.9. The van der Waals surface area contributed by atoms with Crippen molar-refractivity contribution in [1.82, 2.24) is 39.0 Å². The maximum Gasteiger partial charge on any atom is 0.702 e. The third kappa shape index (κ3) is 8.52. The van der Waals surface area contributed by atoms with E-state index in [9.17, 15) is 14.2 Å². The van der Waals surface area contributed by atoms with Crippen LogP contribution in [0.5, 0.6) is 0 Å². The largest absolute Gasteiger partial charge is 0.702 e. The summed E-state index contributed by atoms with van der Waals surface area (Å²) in [6, 6.07) is 17.6. The number of imidazole rings is 2. The van der Waals surface area contributed by atoms with Crippen LogP contribution in [0.15, 0.2) is 86.0 Å². The average Bonchev–Trinajstić information content (AvgIpc) is 3.74. The third-order valence-corrected chi connectivity index (χ3v) is 7.90. The lowest BCUT2D eigenvalue weighted by Gasteiger charge is -2.12. The van der Waals surface area contributed by atoms with Crippen LogP contribution in [0.2, 0.25) is 0 Å². The maximum absolute atomic E-state index is 12.6. The van der Waals surface area contributed by atoms with Crippen LogP contribution in [0.4, 0.5) is 11.6 Å². The number of benzene rings is 2. The summed E-state index contributed by atoms with van der Waals surface area (Å²) >= 11 is 0. The maximum atomic E-state index is 12.6. The molecule has 6 aromatic rings. The molecule has 2 N–H and O–H groups in total. The molecule has 0 bridgehead atoms. The molecule has 0 fully saturated rings. The second-order valence-corrected chi connectivity index (χ2v) is 11.9. The number of nitrogens with one attached hydrogen (secondary N) is 2. The van der Waals surface area contributed by atoms with Gasteiger partial charge in [-0.25, -0.2) is 29.9 Å². The summed E-state index contributed by atoms with van der Waals surface area (Å²) in [6.45, 7) is 3.70. The van der Waals surface area contributed by atoms with E-state index in [2.05, 4.69) is 40.5 Å². The van der Waals surface area contributed by atoms with Gasteiger partial charge in [0.25, 0.3) is 11.8 Å². The molecule has 2 aromatic carbocycles. The first kappa shape index (κ1) is 34.3. The van der Waals surface area contributed by atoms with E-state index < -0.39 is 8.25 Å². The van der Waals surface area contributed by atoms with Crippen LogP contribution < -0.4 is 10.6 Å². The molecule has 2 amide bonds. The van der Waals surface area contributed by atoms with Crippen LogP contribution in [0.3, 0.4) is 0 Å². The van der Waals surface area contributed by atoms with Crippen molar-refractivity contribution in [1.29, 1.82) is 0 Å². The molecule has 256 valence electrons. The van der Waals surface area contributed by atoms with Gasteiger partial charge in [-0.1, -0.05) is 45.4 Å². The van der Waals surface area contributed by atoms with Gasteiger partial charge in [-0.05, 0) is 38.1 Å². The van der Waals surface area contributed by atoms with Gasteiger partial charge in [0, 0.05) is 15.7 Å². The number of anilines is 2. The molecule has 0 saturated carbocycles. The Morgan fingerprint density at radius 3 is 1.50 bits per heavy atom. The second-order valence-electron chi connectivity index (χ2n) is 10.9. The zero-order chi connectivity index (χ0) is 34.9. The van der Waals surface area contributed by atoms with E-state index in [0.717, 1.165) is 0 Å². The number of rotatable bonds is 16. The Kier molecular flexibility index (Phi) is 11.1. The van der Waals surface area contributed by atoms with E-state index >= 15 is 0 Å². The minimum atomic E-state index is -2.52. The van der Waals surface area contributed by atoms with Crippen molar-refractivity contribution in [2.24, 2.45) is 0 Å². The quantitative estimate of drug-likeness (QED) is 0.105. The highest BCUT2D eigenvalue weighted by Crippen LogP contribution is 2.25. The Morgan fingerprint density at radius 1 is 0.660 bits per heavy atom. The Hall–Kier alpha value is -5.58. The molecular weight excluding hydrogens is 667 g/mol. The molecule has 0 saturated heterocycles. The van der Waals surface area contributed by atoms with E-state index in [1.54, 1.807) is 84.2 Å². The zero-order valence-electron chi connectivity index (χ0n) is 26.9. The lowest BCUT2D eigenvalue weighted by molar-refractivity contribution is -0.0597. The highest BCUT2D eigenvalue weighted by Gasteiger charge is 2.23. The van der Waals surface area contributed by atoms with Crippen molar-refractivity contribution in [2.75, 3.05) is 24.2 Å². The third-order valence-electron chi connectivity index (χ3n) is 7.27. The van der Waals surface area contributed by atoms with E-state index in [-0.39, 0.29) is 49.2 Å². The molecule has 4 heterocycles. The molecule has 0 aliphatic rings. The van der Waals surface area contributed by atoms with Gasteiger partial charge in [0.1, 0.15) is 12.7 Å². The van der Waals surface area contributed by atoms with Crippen LogP contribution in [-0.2, 0) is 36.2 Å². The number of hydrogen-bond donors (Lipinski definition) is 2. The molecule has 4 aromatic heterocycles. The number of carbonyl (C=O) groups is 2. The normalized spacial score (nSPS) is 12.5. The smallest absolute Gasteiger partial charge is 0.346 e. The monoisotopic (exact) mass is 699 g/mol. The Labute approximate surface area is 286 Å². The molecule has 2 atom stereocenters. The number of amides is 2. The Morgan fingerprint density at radius 2 is 1.08 bits per heavy atom. The van der Waals surface area contributed by atoms with E-state index in [1.807, 2.05) is 12.1 Å². The fourth-order valence-electron chi connectivity index (χ4n) is 4.83. The molecule has 50 heavy (non-hydrogen) atoms. The summed E-state index contributed by atoms with van der Waals surface area (Å²) in [7, 11) is -2.52. The molecule has 18 heteroatoms. The Balaban J connectivity index is 0.919. The van der Waals surface area contributed by atoms with Gasteiger partial charge in [-0.3, -0.25) is 9.59 Å². The van der Waals surface area contributed by atoms with E-state index in [1.165, 1.54) is 12.7 Å². The number of aromatic nitrogens is 8. The molecule has 6 rings (SSSR count). The lowest BCUT2D eigenvalue weighted by Crippen LogP contribution is -2.18. The van der Waals surface area contributed by atoms with Gasteiger partial charge in [0.15, 0.2) is 34.0 Å². The molecule has 0 unspecified atom stereocenters. The van der Waals surface area contributed by atoms with Crippen molar-refractivity contribution in [3.05, 3.63) is 97.1 Å². The molecule has 0 spiro atoms. The highest BCUT2D eigenvalue weighted by molar-refractivity contribution is 7.33. The number of ether oxygens (including phenoxy) is 2. The van der Waals surface area contributed by atoms with E-state index in [0.29, 0.717) is 46.5 Å². The number of nitrogens with zero attached hydrogens (tertiary/aromatic N) is 8. The zero-order valence-corrected chi connectivity index (χ0v) is 27.8. The predicted molar refractivity (Wildman–Crippen MR) is 180 cm³/mol. The van der Waals surface area contributed by atoms with Crippen LogP contribution in [-0.4, -0.2) is 76.6 Å². The first-order valence-corrected chi connectivity index (χ1v) is 16.5. The first-order chi connectivity index (χ1) is 24.4. The van der Waals surface area contributed by atoms with E-state index in [4.69, 9.17) is 18.5 Å². The lowest BCUT2D eigenvalue weighted by atomic mass is 10.2. The Bertz CT molecular complexity index is 1950.